The number of nitrogens with zero attached hydrogens (tertiary/aromatic N) is 2. The van der Waals surface area contributed by atoms with Crippen LogP contribution in [0, 0.1) is 5.92 Å². The third kappa shape index (κ3) is 2.77. The van der Waals surface area contributed by atoms with Gasteiger partial charge in [-0.15, -0.1) is 12.4 Å². The Kier molecular flexibility index (Phi) is 4.47. The summed E-state index contributed by atoms with van der Waals surface area (Å²) < 4.78 is 0. The molecule has 19 heavy (non-hydrogen) atoms. The number of hydrogen-bond acceptors (Lipinski definition) is 3. The summed E-state index contributed by atoms with van der Waals surface area (Å²) in [5.74, 6) is 0.461. The van der Waals surface area contributed by atoms with Crippen LogP contribution in [0.5, 0.6) is 0 Å². The van der Waals surface area contributed by atoms with Gasteiger partial charge in [0.15, 0.2) is 0 Å². The number of rotatable bonds is 1. The molecule has 2 atom stereocenters. The summed E-state index contributed by atoms with van der Waals surface area (Å²) in [6, 6.07) is 0.314. The minimum atomic E-state index is 0. The predicted octanol–water partition coefficient (Wildman–Crippen LogP) is 0.757. The van der Waals surface area contributed by atoms with Gasteiger partial charge in [0.05, 0.1) is 6.20 Å². The number of carbonyl (C=O) groups is 1. The van der Waals surface area contributed by atoms with Crippen molar-refractivity contribution in [1.29, 1.82) is 0 Å². The predicted molar refractivity (Wildman–Crippen MR) is 75.4 cm³/mol. The lowest BCUT2D eigenvalue weighted by Gasteiger charge is -2.37. The fourth-order valence-corrected chi connectivity index (χ4v) is 3.02. The summed E-state index contributed by atoms with van der Waals surface area (Å²) >= 11 is 0. The van der Waals surface area contributed by atoms with Gasteiger partial charge < -0.3 is 10.2 Å². The monoisotopic (exact) mass is 284 g/mol. The number of piperazine rings is 1. The Hall–Kier alpha value is -1.07. The lowest BCUT2D eigenvalue weighted by molar-refractivity contribution is -0.138. The van der Waals surface area contributed by atoms with Crippen LogP contribution in [0.15, 0.2) is 6.20 Å². The van der Waals surface area contributed by atoms with Crippen molar-refractivity contribution in [1.82, 2.24) is 20.4 Å². The van der Waals surface area contributed by atoms with Gasteiger partial charge in [-0.05, 0) is 25.3 Å². The quantitative estimate of drug-likeness (QED) is 0.800. The summed E-state index contributed by atoms with van der Waals surface area (Å²) in [7, 11) is 0. The van der Waals surface area contributed by atoms with Crippen LogP contribution in [0.3, 0.4) is 0 Å². The molecule has 6 heteroatoms. The van der Waals surface area contributed by atoms with Crippen LogP contribution in [0.2, 0.25) is 0 Å². The lowest BCUT2D eigenvalue weighted by Crippen LogP contribution is -2.54. The van der Waals surface area contributed by atoms with Crippen molar-refractivity contribution in [2.24, 2.45) is 5.92 Å². The largest absolute Gasteiger partial charge is 0.337 e. The number of nitrogens with one attached hydrogen (secondary N) is 2. The van der Waals surface area contributed by atoms with E-state index >= 15 is 0 Å². The number of aromatic amines is 1. The van der Waals surface area contributed by atoms with Gasteiger partial charge in [-0.25, -0.2) is 0 Å². The summed E-state index contributed by atoms with van der Waals surface area (Å²) in [5.41, 5.74) is 2.44. The van der Waals surface area contributed by atoms with Crippen molar-refractivity contribution in [3.63, 3.8) is 0 Å². The number of halogens is 1. The molecule has 0 radical (unpaired) electrons. The summed E-state index contributed by atoms with van der Waals surface area (Å²) in [6.45, 7) is 4.78. The van der Waals surface area contributed by atoms with Gasteiger partial charge in [-0.3, -0.25) is 9.89 Å². The second-order valence-corrected chi connectivity index (χ2v) is 5.40. The Balaban J connectivity index is 0.00000133. The van der Waals surface area contributed by atoms with Crippen molar-refractivity contribution in [2.75, 3.05) is 19.6 Å². The molecule has 1 saturated heterocycles. The van der Waals surface area contributed by atoms with Crippen LogP contribution in [0.25, 0.3) is 0 Å². The molecular weight excluding hydrogens is 264 g/mol. The smallest absolute Gasteiger partial charge is 0.226 e. The molecule has 1 aromatic rings. The maximum atomic E-state index is 12.6. The molecule has 3 rings (SSSR count). The summed E-state index contributed by atoms with van der Waals surface area (Å²) in [4.78, 5) is 14.6. The lowest BCUT2D eigenvalue weighted by atomic mass is 9.86. The fraction of sp³-hybridized carbons (Fsp3) is 0.692. The third-order valence-electron chi connectivity index (χ3n) is 4.15. The molecule has 1 aromatic heterocycles. The number of fused-ring (bicyclic) bond motifs is 1. The molecular formula is C13H21ClN4O. The van der Waals surface area contributed by atoms with Gasteiger partial charge in [0.1, 0.15) is 0 Å². The average Bonchev–Trinajstić information content (AvgIpc) is 2.85. The van der Waals surface area contributed by atoms with Crippen molar-refractivity contribution in [2.45, 2.75) is 32.2 Å². The first-order chi connectivity index (χ1) is 8.75. The Morgan fingerprint density at radius 3 is 3.16 bits per heavy atom. The zero-order chi connectivity index (χ0) is 12.5. The van der Waals surface area contributed by atoms with Crippen molar-refractivity contribution in [3.8, 4) is 0 Å². The van der Waals surface area contributed by atoms with Gasteiger partial charge in [0.25, 0.3) is 0 Å². The average molecular weight is 285 g/mol. The Morgan fingerprint density at radius 2 is 2.37 bits per heavy atom. The van der Waals surface area contributed by atoms with Crippen LogP contribution < -0.4 is 5.32 Å². The highest BCUT2D eigenvalue weighted by atomic mass is 35.5. The normalized spacial score (nSPS) is 26.5. The maximum absolute atomic E-state index is 12.6. The van der Waals surface area contributed by atoms with E-state index in [1.807, 2.05) is 11.1 Å². The molecule has 1 fully saturated rings. The molecule has 2 heterocycles. The standard InChI is InChI=1S/C13H20N4O.ClH/c1-9-7-14-4-5-17(9)13(18)10-2-3-11-8-15-16-12(11)6-10;/h8-10,14H,2-7H2,1H3,(H,15,16);1H/t9-,10?;/m1./s1. The number of amides is 1. The van der Waals surface area contributed by atoms with E-state index in [0.717, 1.165) is 44.6 Å². The third-order valence-corrected chi connectivity index (χ3v) is 4.15. The molecule has 0 bridgehead atoms. The highest BCUT2D eigenvalue weighted by Crippen LogP contribution is 2.26. The Bertz CT molecular complexity index is 448. The second kappa shape index (κ2) is 5.92. The first-order valence-electron chi connectivity index (χ1n) is 6.78. The topological polar surface area (TPSA) is 61.0 Å². The molecule has 2 N–H and O–H groups in total. The number of carbonyl (C=O) groups excluding carboxylic acids is 1. The minimum Gasteiger partial charge on any atom is -0.337 e. The van der Waals surface area contributed by atoms with E-state index in [4.69, 9.17) is 0 Å². The van der Waals surface area contributed by atoms with Gasteiger partial charge in [-0.1, -0.05) is 0 Å². The zero-order valence-electron chi connectivity index (χ0n) is 11.2. The summed E-state index contributed by atoms with van der Waals surface area (Å²) in [5, 5.41) is 10.4. The van der Waals surface area contributed by atoms with E-state index in [2.05, 4.69) is 22.4 Å². The highest BCUT2D eigenvalue weighted by molar-refractivity contribution is 5.85. The second-order valence-electron chi connectivity index (χ2n) is 5.40. The summed E-state index contributed by atoms with van der Waals surface area (Å²) in [6.07, 6.45) is 4.65. The van der Waals surface area contributed by atoms with Crippen molar-refractivity contribution >= 4 is 18.3 Å². The first kappa shape index (κ1) is 14.3. The minimum absolute atomic E-state index is 0. The molecule has 1 unspecified atom stereocenters. The van der Waals surface area contributed by atoms with Crippen LogP contribution in [0.1, 0.15) is 24.6 Å². The van der Waals surface area contributed by atoms with Crippen molar-refractivity contribution < 1.29 is 4.79 Å². The van der Waals surface area contributed by atoms with Gasteiger partial charge >= 0.3 is 0 Å². The molecule has 0 saturated carbocycles. The highest BCUT2D eigenvalue weighted by Gasteiger charge is 2.32. The van der Waals surface area contributed by atoms with Crippen LogP contribution in [-0.4, -0.2) is 46.7 Å². The fourth-order valence-electron chi connectivity index (χ4n) is 3.02. The molecule has 1 aliphatic heterocycles. The molecule has 2 aliphatic rings. The van der Waals surface area contributed by atoms with Gasteiger partial charge in [-0.2, -0.15) is 5.10 Å². The molecule has 1 aliphatic carbocycles. The van der Waals surface area contributed by atoms with E-state index in [9.17, 15) is 4.79 Å². The van der Waals surface area contributed by atoms with E-state index in [1.54, 1.807) is 0 Å². The van der Waals surface area contributed by atoms with E-state index in [-0.39, 0.29) is 18.3 Å². The van der Waals surface area contributed by atoms with Crippen molar-refractivity contribution in [3.05, 3.63) is 17.5 Å². The number of hydrogen-bond donors (Lipinski definition) is 2. The van der Waals surface area contributed by atoms with E-state index < -0.39 is 0 Å². The zero-order valence-corrected chi connectivity index (χ0v) is 12.0. The Morgan fingerprint density at radius 1 is 1.53 bits per heavy atom. The van der Waals surface area contributed by atoms with Crippen LogP contribution in [0.4, 0.5) is 0 Å². The molecule has 5 nitrogen and oxygen atoms in total. The van der Waals surface area contributed by atoms with Crippen LogP contribution >= 0.6 is 12.4 Å². The van der Waals surface area contributed by atoms with Crippen LogP contribution in [-0.2, 0) is 17.6 Å². The van der Waals surface area contributed by atoms with E-state index in [1.165, 1.54) is 5.56 Å². The number of aromatic nitrogens is 2. The van der Waals surface area contributed by atoms with E-state index in [0.29, 0.717) is 11.9 Å². The SMILES string of the molecule is C[C@@H]1CNCCN1C(=O)C1CCc2cn[nH]c2C1.Cl. The molecule has 1 amide bonds. The van der Waals surface area contributed by atoms with Gasteiger partial charge in [0, 0.05) is 43.7 Å². The first-order valence-corrected chi connectivity index (χ1v) is 6.78. The maximum Gasteiger partial charge on any atom is 0.226 e. The molecule has 106 valence electrons. The molecule has 0 spiro atoms. The van der Waals surface area contributed by atoms with Gasteiger partial charge in [0.2, 0.25) is 5.91 Å². The molecule has 0 aromatic carbocycles. The Labute approximate surface area is 119 Å². The number of H-pyrrole nitrogens is 1. The number of aryl methyl sites for hydroxylation is 1.